The van der Waals surface area contributed by atoms with Crippen molar-refractivity contribution in [2.24, 2.45) is 0 Å². The van der Waals surface area contributed by atoms with Crippen molar-refractivity contribution >= 4 is 17.2 Å². The molecule has 0 spiro atoms. The molecule has 26 heavy (non-hydrogen) atoms. The van der Waals surface area contributed by atoms with Crippen LogP contribution in [0, 0.1) is 0 Å². The van der Waals surface area contributed by atoms with Gasteiger partial charge in [0.1, 0.15) is 17.8 Å². The van der Waals surface area contributed by atoms with E-state index in [2.05, 4.69) is 11.1 Å². The van der Waals surface area contributed by atoms with Gasteiger partial charge in [-0.05, 0) is 42.1 Å². The Kier molecular flexibility index (Phi) is 4.62. The predicted octanol–water partition coefficient (Wildman–Crippen LogP) is 3.91. The van der Waals surface area contributed by atoms with E-state index in [1.165, 1.54) is 11.1 Å². The number of carbonyl (C=O) groups excluding carboxylic acids is 1. The number of nitrogens with zero attached hydrogens (tertiary/aromatic N) is 2. The van der Waals surface area contributed by atoms with Gasteiger partial charge in [-0.1, -0.05) is 6.07 Å². The number of carbonyl (C=O) groups is 1. The lowest BCUT2D eigenvalue weighted by molar-refractivity contribution is 0.0461. The molecule has 2 aromatic heterocycles. The summed E-state index contributed by atoms with van der Waals surface area (Å²) >= 11 is 1.67. The maximum atomic E-state index is 12.6. The number of likely N-dealkylation sites (tertiary alicyclic amines) is 1. The molecule has 0 N–H and O–H groups in total. The molecule has 1 amide bonds. The molecule has 1 aliphatic rings. The molecule has 4 rings (SSSR count). The number of benzene rings is 1. The van der Waals surface area contributed by atoms with Gasteiger partial charge in [0.05, 0.1) is 13.2 Å². The number of hydrogen-bond donors (Lipinski definition) is 0. The molecule has 0 aliphatic carbocycles. The lowest BCUT2D eigenvalue weighted by Gasteiger charge is -2.39. The summed E-state index contributed by atoms with van der Waals surface area (Å²) in [6.45, 7) is 0.903. The highest BCUT2D eigenvalue weighted by Crippen LogP contribution is 2.36. The first kappa shape index (κ1) is 16.7. The van der Waals surface area contributed by atoms with E-state index in [4.69, 9.17) is 13.9 Å². The molecule has 0 saturated carbocycles. The van der Waals surface area contributed by atoms with Gasteiger partial charge >= 0.3 is 0 Å². The summed E-state index contributed by atoms with van der Waals surface area (Å²) in [5.74, 6) is 1.71. The fourth-order valence-corrected chi connectivity index (χ4v) is 3.72. The Hall–Kier alpha value is -2.80. The van der Waals surface area contributed by atoms with Crippen LogP contribution in [0.1, 0.15) is 33.7 Å². The Balaban J connectivity index is 1.37. The van der Waals surface area contributed by atoms with Crippen LogP contribution < -0.4 is 9.47 Å². The van der Waals surface area contributed by atoms with Crippen molar-refractivity contribution in [3.05, 3.63) is 64.5 Å². The molecule has 1 fully saturated rings. The number of hydrogen-bond acceptors (Lipinski definition) is 6. The molecule has 1 aliphatic heterocycles. The second kappa shape index (κ2) is 7.21. The molecule has 3 aromatic rings. The monoisotopic (exact) mass is 370 g/mol. The van der Waals surface area contributed by atoms with Crippen LogP contribution in [-0.2, 0) is 6.61 Å². The molecule has 6 nitrogen and oxygen atoms in total. The Labute approximate surface area is 155 Å². The summed E-state index contributed by atoms with van der Waals surface area (Å²) in [7, 11) is 1.61. The van der Waals surface area contributed by atoms with Crippen LogP contribution in [0.3, 0.4) is 0 Å². The predicted molar refractivity (Wildman–Crippen MR) is 96.5 cm³/mol. The van der Waals surface area contributed by atoms with E-state index in [1.54, 1.807) is 30.6 Å². The first-order valence-electron chi connectivity index (χ1n) is 8.30. The van der Waals surface area contributed by atoms with Gasteiger partial charge < -0.3 is 18.8 Å². The Bertz CT molecular complexity index is 873. The highest BCUT2D eigenvalue weighted by molar-refractivity contribution is 7.10. The summed E-state index contributed by atoms with van der Waals surface area (Å²) in [5, 5.41) is 2.03. The molecule has 7 heteroatoms. The average Bonchev–Trinajstić information content (AvgIpc) is 3.31. The molecule has 1 aromatic carbocycles. The van der Waals surface area contributed by atoms with Crippen LogP contribution in [0.2, 0.25) is 0 Å². The molecule has 1 saturated heterocycles. The van der Waals surface area contributed by atoms with E-state index in [-0.39, 0.29) is 18.6 Å². The second-order valence-corrected chi connectivity index (χ2v) is 6.89. The molecule has 0 bridgehead atoms. The third kappa shape index (κ3) is 3.30. The molecule has 134 valence electrons. The topological polar surface area (TPSA) is 64.8 Å². The van der Waals surface area contributed by atoms with Crippen molar-refractivity contribution in [2.45, 2.75) is 19.1 Å². The van der Waals surface area contributed by atoms with Crippen molar-refractivity contribution in [1.82, 2.24) is 9.88 Å². The molecule has 0 unspecified atom stereocenters. The van der Waals surface area contributed by atoms with E-state index < -0.39 is 0 Å². The number of rotatable bonds is 6. The van der Waals surface area contributed by atoms with E-state index in [0.29, 0.717) is 17.3 Å². The minimum atomic E-state index is -0.103. The van der Waals surface area contributed by atoms with Gasteiger partial charge in [-0.3, -0.25) is 4.79 Å². The normalized spacial score (nSPS) is 16.2. The molecular formula is C19H18N2O4S. The Morgan fingerprint density at radius 3 is 2.77 bits per heavy atom. The zero-order chi connectivity index (χ0) is 17.9. The van der Waals surface area contributed by atoms with Gasteiger partial charge in [0, 0.05) is 11.4 Å². The van der Waals surface area contributed by atoms with Crippen LogP contribution >= 0.6 is 11.3 Å². The summed E-state index contributed by atoms with van der Waals surface area (Å²) < 4.78 is 16.1. The van der Waals surface area contributed by atoms with Gasteiger partial charge in [0.15, 0.2) is 12.3 Å². The fraction of sp³-hybridized carbons (Fsp3) is 0.263. The van der Waals surface area contributed by atoms with Gasteiger partial charge in [-0.25, -0.2) is 4.98 Å². The average molecular weight is 370 g/mol. The molecule has 0 radical (unpaired) electrons. The summed E-state index contributed by atoms with van der Waals surface area (Å²) in [6, 6.07) is 11.5. The maximum absolute atomic E-state index is 12.6. The zero-order valence-electron chi connectivity index (χ0n) is 14.3. The van der Waals surface area contributed by atoms with Gasteiger partial charge in [-0.15, -0.1) is 11.3 Å². The number of methoxy groups -OCH3 is 1. The van der Waals surface area contributed by atoms with Crippen molar-refractivity contribution in [1.29, 1.82) is 0 Å². The van der Waals surface area contributed by atoms with E-state index in [1.807, 2.05) is 28.5 Å². The van der Waals surface area contributed by atoms with E-state index in [0.717, 1.165) is 18.7 Å². The lowest BCUT2D eigenvalue weighted by Crippen LogP contribution is -2.44. The quantitative estimate of drug-likeness (QED) is 0.658. The summed E-state index contributed by atoms with van der Waals surface area (Å²) in [6.07, 6.45) is 2.39. The summed E-state index contributed by atoms with van der Waals surface area (Å²) in [5.41, 5.74) is 0.319. The Morgan fingerprint density at radius 1 is 1.31 bits per heavy atom. The molecular weight excluding hydrogens is 352 g/mol. The smallest absolute Gasteiger partial charge is 0.276 e. The van der Waals surface area contributed by atoms with Crippen LogP contribution in [0.5, 0.6) is 11.5 Å². The number of oxazole rings is 1. The standard InChI is InChI=1S/C19H18N2O4S/c1-23-13-4-6-14(7-5-13)24-12-18-20-15(11-25-18)19(22)21-9-8-16(21)17-3-2-10-26-17/h2-7,10-11,16H,8-9,12H2,1H3/t16-/m0/s1. The number of aromatic nitrogens is 1. The Morgan fingerprint density at radius 2 is 2.12 bits per heavy atom. The van der Waals surface area contributed by atoms with E-state index >= 15 is 0 Å². The largest absolute Gasteiger partial charge is 0.497 e. The van der Waals surface area contributed by atoms with Crippen molar-refractivity contribution in [3.63, 3.8) is 0 Å². The molecule has 3 heterocycles. The number of amides is 1. The number of ether oxygens (including phenoxy) is 2. The van der Waals surface area contributed by atoms with Crippen LogP contribution in [0.4, 0.5) is 0 Å². The zero-order valence-corrected chi connectivity index (χ0v) is 15.1. The van der Waals surface area contributed by atoms with Crippen LogP contribution in [0.25, 0.3) is 0 Å². The fourth-order valence-electron chi connectivity index (χ4n) is 2.85. The highest BCUT2D eigenvalue weighted by Gasteiger charge is 2.35. The summed E-state index contributed by atoms with van der Waals surface area (Å²) in [4.78, 5) is 20.0. The third-order valence-corrected chi connectivity index (χ3v) is 5.32. The van der Waals surface area contributed by atoms with Crippen LogP contribution in [-0.4, -0.2) is 29.4 Å². The maximum Gasteiger partial charge on any atom is 0.276 e. The second-order valence-electron chi connectivity index (χ2n) is 5.91. The first-order chi connectivity index (χ1) is 12.7. The van der Waals surface area contributed by atoms with Crippen molar-refractivity contribution in [2.75, 3.05) is 13.7 Å². The van der Waals surface area contributed by atoms with Crippen molar-refractivity contribution < 1.29 is 18.7 Å². The SMILES string of the molecule is COc1ccc(OCc2nc(C(=O)N3CC[C@H]3c3cccs3)co2)cc1. The highest BCUT2D eigenvalue weighted by atomic mass is 32.1. The van der Waals surface area contributed by atoms with E-state index in [9.17, 15) is 4.79 Å². The van der Waals surface area contributed by atoms with Crippen molar-refractivity contribution in [3.8, 4) is 11.5 Å². The van der Waals surface area contributed by atoms with Gasteiger partial charge in [0.2, 0.25) is 5.89 Å². The minimum absolute atomic E-state index is 0.103. The van der Waals surface area contributed by atoms with Crippen LogP contribution in [0.15, 0.2) is 52.5 Å². The minimum Gasteiger partial charge on any atom is -0.497 e. The first-order valence-corrected chi connectivity index (χ1v) is 9.18. The molecule has 1 atom stereocenters. The van der Waals surface area contributed by atoms with Gasteiger partial charge in [-0.2, -0.15) is 0 Å². The lowest BCUT2D eigenvalue weighted by atomic mass is 10.0. The van der Waals surface area contributed by atoms with Gasteiger partial charge in [0.25, 0.3) is 5.91 Å². The third-order valence-electron chi connectivity index (χ3n) is 4.34. The number of thiophene rings is 1.